The average molecular weight is 566 g/mol. The molecule has 1 N–H and O–H groups in total. The van der Waals surface area contributed by atoms with Crippen LogP contribution < -0.4 is 15.5 Å². The Bertz CT molecular complexity index is 1740. The zero-order chi connectivity index (χ0) is 29.7. The van der Waals surface area contributed by atoms with Gasteiger partial charge in [0, 0.05) is 42.7 Å². The van der Waals surface area contributed by atoms with Gasteiger partial charge >= 0.3 is 5.69 Å². The Morgan fingerprint density at radius 2 is 1.90 bits per heavy atom. The van der Waals surface area contributed by atoms with E-state index in [1.165, 1.54) is 11.6 Å². The minimum atomic E-state index is -0.276. The number of H-pyrrole nitrogens is 1. The number of aromatic amines is 1. The summed E-state index contributed by atoms with van der Waals surface area (Å²) in [6, 6.07) is 12.3. The second kappa shape index (κ2) is 10.8. The van der Waals surface area contributed by atoms with Gasteiger partial charge in [0.25, 0.3) is 0 Å². The summed E-state index contributed by atoms with van der Waals surface area (Å²) >= 11 is 0. The molecule has 9 heteroatoms. The number of benzene rings is 2. The number of rotatable bonds is 5. The zero-order valence-electron chi connectivity index (χ0n) is 25.1. The van der Waals surface area contributed by atoms with Gasteiger partial charge in [0.05, 0.1) is 35.3 Å². The second-order valence-corrected chi connectivity index (χ2v) is 12.0. The predicted octanol–water partition coefficient (Wildman–Crippen LogP) is 4.71. The fourth-order valence-corrected chi connectivity index (χ4v) is 6.75. The van der Waals surface area contributed by atoms with Crippen LogP contribution in [0.4, 0.5) is 11.5 Å². The number of carbonyl (C=O) groups excluding carboxylic acids is 1. The first kappa shape index (κ1) is 27.8. The Balaban J connectivity index is 1.52. The summed E-state index contributed by atoms with van der Waals surface area (Å²) < 4.78 is 1.84. The number of fused-ring (bicyclic) bond motifs is 2. The molecule has 6 rings (SSSR count). The number of aromatic nitrogens is 4. The van der Waals surface area contributed by atoms with Gasteiger partial charge in [0.15, 0.2) is 0 Å². The number of nitrogens with zero attached hydrogens (tertiary/aromatic N) is 6. The molecule has 0 unspecified atom stereocenters. The molecule has 0 spiro atoms. The third-order valence-corrected chi connectivity index (χ3v) is 8.88. The Morgan fingerprint density at radius 3 is 2.67 bits per heavy atom. The first-order chi connectivity index (χ1) is 20.2. The number of para-hydroxylation sites is 1. The van der Waals surface area contributed by atoms with Crippen LogP contribution in [0.25, 0.3) is 16.6 Å². The lowest BCUT2D eigenvalue weighted by Gasteiger charge is -2.45. The molecule has 9 nitrogen and oxygen atoms in total. The molecule has 0 aliphatic carbocycles. The number of aryl methyl sites for hydroxylation is 1. The summed E-state index contributed by atoms with van der Waals surface area (Å²) in [6.07, 6.45) is 4.01. The molecule has 42 heavy (non-hydrogen) atoms. The van der Waals surface area contributed by atoms with E-state index < -0.39 is 0 Å². The number of carbonyl (C=O) groups is 1. The maximum absolute atomic E-state index is 14.1. The van der Waals surface area contributed by atoms with E-state index in [9.17, 15) is 9.59 Å². The van der Waals surface area contributed by atoms with Gasteiger partial charge in [0.2, 0.25) is 5.91 Å². The van der Waals surface area contributed by atoms with Crippen LogP contribution >= 0.6 is 0 Å². The number of amides is 1. The lowest BCUT2D eigenvalue weighted by molar-refractivity contribution is -0.128. The smallest absolute Gasteiger partial charge is 0.354 e. The highest BCUT2D eigenvalue weighted by atomic mass is 16.2. The summed E-state index contributed by atoms with van der Waals surface area (Å²) in [7, 11) is 0. The highest BCUT2D eigenvalue weighted by Gasteiger charge is 2.36. The molecule has 0 saturated carbocycles. The molecule has 1 amide bonds. The number of hydrogen-bond donors (Lipinski definition) is 1. The Morgan fingerprint density at radius 1 is 1.12 bits per heavy atom. The molecule has 0 radical (unpaired) electrons. The maximum Gasteiger partial charge on any atom is 0.354 e. The van der Waals surface area contributed by atoms with E-state index in [1.54, 1.807) is 0 Å². The van der Waals surface area contributed by atoms with Gasteiger partial charge in [-0.2, -0.15) is 10.1 Å². The van der Waals surface area contributed by atoms with E-state index in [2.05, 4.69) is 72.5 Å². The van der Waals surface area contributed by atoms with Crippen LogP contribution in [0.1, 0.15) is 56.0 Å². The Hall–Kier alpha value is -4.40. The normalized spacial score (nSPS) is 19.0. The first-order valence-corrected chi connectivity index (χ1v) is 14.8. The average Bonchev–Trinajstić information content (AvgIpc) is 3.46. The molecule has 2 aromatic carbocycles. The molecular formula is C33H39N7O2. The van der Waals surface area contributed by atoms with E-state index in [0.717, 1.165) is 57.9 Å². The summed E-state index contributed by atoms with van der Waals surface area (Å²) in [5.41, 5.74) is 7.09. The van der Waals surface area contributed by atoms with Crippen molar-refractivity contribution in [2.45, 2.75) is 65.6 Å². The van der Waals surface area contributed by atoms with Gasteiger partial charge in [-0.1, -0.05) is 44.7 Å². The van der Waals surface area contributed by atoms with Crippen molar-refractivity contribution in [3.8, 4) is 5.69 Å². The number of nitrogens with one attached hydrogen (secondary N) is 1. The van der Waals surface area contributed by atoms with Crippen LogP contribution in [0.5, 0.6) is 0 Å². The molecule has 2 atom stereocenters. The molecule has 2 aliphatic rings. The molecule has 2 aromatic heterocycles. The quantitative estimate of drug-likeness (QED) is 0.353. The van der Waals surface area contributed by atoms with Crippen molar-refractivity contribution in [2.24, 2.45) is 0 Å². The molecule has 4 aromatic rings. The van der Waals surface area contributed by atoms with E-state index in [-0.39, 0.29) is 29.6 Å². The number of piperazine rings is 1. The summed E-state index contributed by atoms with van der Waals surface area (Å²) in [5, 5.41) is 8.49. The van der Waals surface area contributed by atoms with Crippen LogP contribution in [0.15, 0.2) is 60.0 Å². The largest absolute Gasteiger partial charge is 0.365 e. The summed E-state index contributed by atoms with van der Waals surface area (Å²) in [6.45, 7) is 16.8. The Kier molecular flexibility index (Phi) is 7.12. The highest BCUT2D eigenvalue weighted by Crippen LogP contribution is 2.37. The van der Waals surface area contributed by atoms with Crippen molar-refractivity contribution in [1.82, 2.24) is 24.6 Å². The topological polar surface area (TPSA) is 90.4 Å². The van der Waals surface area contributed by atoms with Gasteiger partial charge in [0.1, 0.15) is 5.82 Å². The van der Waals surface area contributed by atoms with E-state index in [0.29, 0.717) is 19.6 Å². The van der Waals surface area contributed by atoms with Gasteiger partial charge in [-0.3, -0.25) is 14.5 Å². The van der Waals surface area contributed by atoms with Crippen molar-refractivity contribution in [3.05, 3.63) is 88.1 Å². The first-order valence-electron chi connectivity index (χ1n) is 14.8. The molecular weight excluding hydrogens is 526 g/mol. The van der Waals surface area contributed by atoms with Crippen LogP contribution in [-0.2, 0) is 17.8 Å². The van der Waals surface area contributed by atoms with Gasteiger partial charge in [-0.15, -0.1) is 0 Å². The molecule has 2 aliphatic heterocycles. The number of hydrogen-bond acceptors (Lipinski definition) is 6. The fraction of sp³-hybridized carbons (Fsp3) is 0.394. The second-order valence-electron chi connectivity index (χ2n) is 12.0. The standard InChI is InChI=1S/C33H39N7O2/c1-7-30(41)38-17-23(6)39(18-22(38)5)32-25-14-15-37(31-21(4)12-13-27-26(31)16-34-36-27)19-29(25)40(33(42)35-32)28-11-9-8-10-24(28)20(2)3/h7-13,16,20,22-23H,1,14-15,17-19H2,2-6H3,(H,34,36)/t22-,23+/m1/s1. The summed E-state index contributed by atoms with van der Waals surface area (Å²) in [5.74, 6) is 0.918. The lowest BCUT2D eigenvalue weighted by atomic mass is 9.97. The van der Waals surface area contributed by atoms with Crippen LogP contribution in [-0.4, -0.2) is 62.3 Å². The van der Waals surface area contributed by atoms with E-state index >= 15 is 0 Å². The Labute approximate surface area is 246 Å². The van der Waals surface area contributed by atoms with Crippen molar-refractivity contribution in [3.63, 3.8) is 0 Å². The zero-order valence-corrected chi connectivity index (χ0v) is 25.1. The van der Waals surface area contributed by atoms with Gasteiger partial charge < -0.3 is 14.7 Å². The third-order valence-electron chi connectivity index (χ3n) is 8.88. The third kappa shape index (κ3) is 4.57. The molecule has 1 saturated heterocycles. The highest BCUT2D eigenvalue weighted by molar-refractivity contribution is 5.93. The lowest BCUT2D eigenvalue weighted by Crippen LogP contribution is -2.58. The van der Waals surface area contributed by atoms with E-state index in [4.69, 9.17) is 4.98 Å². The molecule has 1 fully saturated rings. The fourth-order valence-electron chi connectivity index (χ4n) is 6.75. The van der Waals surface area contributed by atoms with Crippen molar-refractivity contribution in [1.29, 1.82) is 0 Å². The minimum Gasteiger partial charge on any atom is -0.365 e. The van der Waals surface area contributed by atoms with Crippen LogP contribution in [0, 0.1) is 6.92 Å². The van der Waals surface area contributed by atoms with Crippen LogP contribution in [0.3, 0.4) is 0 Å². The predicted molar refractivity (Wildman–Crippen MR) is 168 cm³/mol. The SMILES string of the molecule is C=CC(=O)N1C[C@H](C)N(c2nc(=O)n(-c3ccccc3C(C)C)c3c2CCN(c2c(C)ccc4[nH]ncc24)C3)C[C@H]1C. The molecule has 4 heterocycles. The monoisotopic (exact) mass is 565 g/mol. The number of anilines is 2. The maximum atomic E-state index is 14.1. The minimum absolute atomic E-state index is 0.000136. The van der Waals surface area contributed by atoms with Crippen molar-refractivity contribution >= 4 is 28.3 Å². The van der Waals surface area contributed by atoms with Crippen LogP contribution in [0.2, 0.25) is 0 Å². The van der Waals surface area contributed by atoms with Crippen molar-refractivity contribution in [2.75, 3.05) is 29.4 Å². The van der Waals surface area contributed by atoms with Crippen molar-refractivity contribution < 1.29 is 4.79 Å². The van der Waals surface area contributed by atoms with E-state index in [1.807, 2.05) is 40.8 Å². The summed E-state index contributed by atoms with van der Waals surface area (Å²) in [4.78, 5) is 37.9. The van der Waals surface area contributed by atoms with Gasteiger partial charge in [-0.05, 0) is 62.4 Å². The molecule has 0 bridgehead atoms. The van der Waals surface area contributed by atoms with Gasteiger partial charge in [-0.25, -0.2) is 4.79 Å². The molecule has 218 valence electrons.